The summed E-state index contributed by atoms with van der Waals surface area (Å²) in [6, 6.07) is 7.42. The zero-order valence-electron chi connectivity index (χ0n) is 10.5. The summed E-state index contributed by atoms with van der Waals surface area (Å²) < 4.78 is 0. The molecule has 2 aromatic rings. The van der Waals surface area contributed by atoms with E-state index in [1.54, 1.807) is 6.20 Å². The van der Waals surface area contributed by atoms with Crippen molar-refractivity contribution in [3.8, 4) is 11.4 Å². The third-order valence-corrected chi connectivity index (χ3v) is 2.40. The molecule has 98 valence electrons. The van der Waals surface area contributed by atoms with Gasteiger partial charge in [0.05, 0.1) is 17.8 Å². The number of carboxylic acid groups (broad SMARTS) is 1. The molecule has 0 bridgehead atoms. The molecule has 2 rings (SSSR count). The van der Waals surface area contributed by atoms with Crippen LogP contribution in [-0.2, 0) is 4.79 Å². The van der Waals surface area contributed by atoms with Crippen LogP contribution in [0.4, 0.5) is 5.95 Å². The number of aryl methyl sites for hydroxylation is 1. The largest absolute Gasteiger partial charge is 0.481 e. The van der Waals surface area contributed by atoms with Crippen molar-refractivity contribution in [1.82, 2.24) is 15.0 Å². The van der Waals surface area contributed by atoms with E-state index in [4.69, 9.17) is 5.11 Å². The number of carbonyl (C=O) groups is 1. The Balaban J connectivity index is 2.18. The lowest BCUT2D eigenvalue weighted by molar-refractivity contribution is -0.136. The van der Waals surface area contributed by atoms with Gasteiger partial charge in [-0.2, -0.15) is 0 Å². The molecule has 6 nitrogen and oxygen atoms in total. The maximum Gasteiger partial charge on any atom is 0.305 e. The van der Waals surface area contributed by atoms with Crippen molar-refractivity contribution in [2.24, 2.45) is 0 Å². The third-order valence-electron chi connectivity index (χ3n) is 2.40. The quantitative estimate of drug-likeness (QED) is 0.849. The number of nitrogens with zero attached hydrogens (tertiary/aromatic N) is 3. The van der Waals surface area contributed by atoms with Gasteiger partial charge >= 0.3 is 5.97 Å². The lowest BCUT2D eigenvalue weighted by Crippen LogP contribution is -2.10. The average molecular weight is 258 g/mol. The fourth-order valence-corrected chi connectivity index (χ4v) is 1.57. The van der Waals surface area contributed by atoms with Gasteiger partial charge in [-0.25, -0.2) is 9.97 Å². The van der Waals surface area contributed by atoms with Gasteiger partial charge in [-0.05, 0) is 25.1 Å². The lowest BCUT2D eigenvalue weighted by Gasteiger charge is -2.06. The summed E-state index contributed by atoms with van der Waals surface area (Å²) >= 11 is 0. The van der Waals surface area contributed by atoms with Crippen LogP contribution in [0.25, 0.3) is 11.4 Å². The monoisotopic (exact) mass is 258 g/mol. The van der Waals surface area contributed by atoms with E-state index in [1.165, 1.54) is 0 Å². The molecule has 2 aromatic heterocycles. The molecule has 0 saturated heterocycles. The van der Waals surface area contributed by atoms with Gasteiger partial charge in [-0.15, -0.1) is 0 Å². The molecule has 0 aromatic carbocycles. The molecule has 0 aliphatic rings. The first kappa shape index (κ1) is 12.9. The second-order valence-corrected chi connectivity index (χ2v) is 4.00. The zero-order valence-corrected chi connectivity index (χ0v) is 10.5. The number of hydrogen-bond donors (Lipinski definition) is 2. The van der Waals surface area contributed by atoms with Gasteiger partial charge in [0.25, 0.3) is 0 Å². The van der Waals surface area contributed by atoms with Crippen molar-refractivity contribution in [2.45, 2.75) is 13.3 Å². The molecule has 0 saturated carbocycles. The molecule has 2 heterocycles. The molecule has 0 unspecified atom stereocenters. The Morgan fingerprint density at radius 2 is 2.16 bits per heavy atom. The average Bonchev–Trinajstić information content (AvgIpc) is 2.39. The molecule has 0 radical (unpaired) electrons. The van der Waals surface area contributed by atoms with E-state index >= 15 is 0 Å². The Morgan fingerprint density at radius 1 is 1.32 bits per heavy atom. The summed E-state index contributed by atoms with van der Waals surface area (Å²) in [4.78, 5) is 23.2. The van der Waals surface area contributed by atoms with Gasteiger partial charge < -0.3 is 10.4 Å². The first-order chi connectivity index (χ1) is 9.15. The van der Waals surface area contributed by atoms with Crippen LogP contribution in [0.3, 0.4) is 0 Å². The van der Waals surface area contributed by atoms with Crippen molar-refractivity contribution in [1.29, 1.82) is 0 Å². The van der Waals surface area contributed by atoms with Crippen molar-refractivity contribution in [3.63, 3.8) is 0 Å². The third kappa shape index (κ3) is 3.74. The zero-order chi connectivity index (χ0) is 13.7. The highest BCUT2D eigenvalue weighted by Gasteiger charge is 2.05. The smallest absolute Gasteiger partial charge is 0.305 e. The Bertz CT molecular complexity index is 572. The van der Waals surface area contributed by atoms with E-state index in [9.17, 15) is 4.79 Å². The number of pyridine rings is 1. The standard InChI is InChI=1S/C13H14N4O2/c1-9-8-11(10-4-2-3-6-14-10)17-13(16-9)15-7-5-12(18)19/h2-4,6,8H,5,7H2,1H3,(H,18,19)(H,15,16,17). The second kappa shape index (κ2) is 5.90. The minimum Gasteiger partial charge on any atom is -0.481 e. The van der Waals surface area contributed by atoms with Crippen LogP contribution < -0.4 is 5.32 Å². The van der Waals surface area contributed by atoms with E-state index < -0.39 is 5.97 Å². The number of aromatic nitrogens is 3. The van der Waals surface area contributed by atoms with Crippen LogP contribution in [0, 0.1) is 6.92 Å². The fourth-order valence-electron chi connectivity index (χ4n) is 1.57. The molecular formula is C13H14N4O2. The fraction of sp³-hybridized carbons (Fsp3) is 0.231. The van der Waals surface area contributed by atoms with Crippen LogP contribution in [-0.4, -0.2) is 32.6 Å². The van der Waals surface area contributed by atoms with E-state index in [0.29, 0.717) is 18.2 Å². The van der Waals surface area contributed by atoms with Crippen LogP contribution >= 0.6 is 0 Å². The van der Waals surface area contributed by atoms with Gasteiger partial charge in [-0.1, -0.05) is 6.07 Å². The highest BCUT2D eigenvalue weighted by atomic mass is 16.4. The van der Waals surface area contributed by atoms with Gasteiger partial charge in [0, 0.05) is 18.4 Å². The highest BCUT2D eigenvalue weighted by molar-refractivity contribution is 5.67. The van der Waals surface area contributed by atoms with E-state index in [2.05, 4.69) is 20.3 Å². The summed E-state index contributed by atoms with van der Waals surface area (Å²) in [5, 5.41) is 11.5. The molecule has 6 heteroatoms. The number of nitrogens with one attached hydrogen (secondary N) is 1. The molecule has 0 spiro atoms. The number of hydrogen-bond acceptors (Lipinski definition) is 5. The maximum absolute atomic E-state index is 10.5. The van der Waals surface area contributed by atoms with Gasteiger partial charge in [0.15, 0.2) is 0 Å². The van der Waals surface area contributed by atoms with E-state index in [0.717, 1.165) is 11.4 Å². The number of anilines is 1. The highest BCUT2D eigenvalue weighted by Crippen LogP contribution is 2.16. The van der Waals surface area contributed by atoms with Crippen molar-refractivity contribution >= 4 is 11.9 Å². The predicted octanol–water partition coefficient (Wildman–Crippen LogP) is 1.73. The molecular weight excluding hydrogens is 244 g/mol. The number of rotatable bonds is 5. The van der Waals surface area contributed by atoms with Crippen LogP contribution in [0.2, 0.25) is 0 Å². The Kier molecular flexibility index (Phi) is 4.02. The minimum absolute atomic E-state index is 0.0240. The maximum atomic E-state index is 10.5. The molecule has 0 atom stereocenters. The summed E-state index contributed by atoms with van der Waals surface area (Å²) in [7, 11) is 0. The molecule has 2 N–H and O–H groups in total. The molecule has 0 aliphatic carbocycles. The number of aliphatic carboxylic acids is 1. The van der Waals surface area contributed by atoms with Gasteiger partial charge in [0.1, 0.15) is 0 Å². The summed E-state index contributed by atoms with van der Waals surface area (Å²) in [6.07, 6.45) is 1.72. The van der Waals surface area contributed by atoms with E-state index in [-0.39, 0.29) is 6.42 Å². The van der Waals surface area contributed by atoms with E-state index in [1.807, 2.05) is 31.2 Å². The van der Waals surface area contributed by atoms with Crippen LogP contribution in [0.1, 0.15) is 12.1 Å². The first-order valence-corrected chi connectivity index (χ1v) is 5.88. The Hall–Kier alpha value is -2.50. The minimum atomic E-state index is -0.856. The van der Waals surface area contributed by atoms with Crippen molar-refractivity contribution in [3.05, 3.63) is 36.2 Å². The summed E-state index contributed by atoms with van der Waals surface area (Å²) in [5.41, 5.74) is 2.27. The normalized spacial score (nSPS) is 10.2. The van der Waals surface area contributed by atoms with Gasteiger partial charge in [-0.3, -0.25) is 9.78 Å². The first-order valence-electron chi connectivity index (χ1n) is 5.88. The Labute approximate surface area is 110 Å². The van der Waals surface area contributed by atoms with Crippen LogP contribution in [0.15, 0.2) is 30.5 Å². The predicted molar refractivity (Wildman–Crippen MR) is 70.7 cm³/mol. The Morgan fingerprint density at radius 3 is 2.84 bits per heavy atom. The second-order valence-electron chi connectivity index (χ2n) is 4.00. The van der Waals surface area contributed by atoms with Crippen molar-refractivity contribution in [2.75, 3.05) is 11.9 Å². The summed E-state index contributed by atoms with van der Waals surface area (Å²) in [5.74, 6) is -0.438. The molecule has 0 aliphatic heterocycles. The molecule has 0 amide bonds. The SMILES string of the molecule is Cc1cc(-c2ccccn2)nc(NCCC(=O)O)n1. The molecule has 19 heavy (non-hydrogen) atoms. The topological polar surface area (TPSA) is 88.0 Å². The van der Waals surface area contributed by atoms with Gasteiger partial charge in [0.2, 0.25) is 5.95 Å². The lowest BCUT2D eigenvalue weighted by atomic mass is 10.2. The number of carboxylic acids is 1. The van der Waals surface area contributed by atoms with Crippen LogP contribution in [0.5, 0.6) is 0 Å². The molecule has 0 fully saturated rings. The van der Waals surface area contributed by atoms with Crippen molar-refractivity contribution < 1.29 is 9.90 Å². The summed E-state index contributed by atoms with van der Waals surface area (Å²) in [6.45, 7) is 2.15.